The fourth-order valence-electron chi connectivity index (χ4n) is 3.10. The summed E-state index contributed by atoms with van der Waals surface area (Å²) < 4.78 is 10.6. The fourth-order valence-corrected chi connectivity index (χ4v) is 3.10. The molecular formula is C17H25N3O2. The minimum Gasteiger partial charge on any atom is -0.497 e. The van der Waals surface area contributed by atoms with Crippen LogP contribution >= 0.6 is 0 Å². The van der Waals surface area contributed by atoms with Crippen molar-refractivity contribution in [2.24, 2.45) is 10.4 Å². The van der Waals surface area contributed by atoms with Gasteiger partial charge in [0.1, 0.15) is 11.5 Å². The van der Waals surface area contributed by atoms with E-state index in [4.69, 9.17) is 9.47 Å². The molecule has 5 heteroatoms. The van der Waals surface area contributed by atoms with Gasteiger partial charge < -0.3 is 20.1 Å². The fraction of sp³-hybridized carbons (Fsp3) is 0.588. The second-order valence-electron chi connectivity index (χ2n) is 6.27. The Hall–Kier alpha value is -1.91. The Kier molecular flexibility index (Phi) is 4.41. The molecule has 1 heterocycles. The third-order valence-corrected chi connectivity index (χ3v) is 4.73. The van der Waals surface area contributed by atoms with Gasteiger partial charge in [0.05, 0.1) is 20.8 Å². The van der Waals surface area contributed by atoms with Crippen LogP contribution in [0.15, 0.2) is 23.2 Å². The van der Waals surface area contributed by atoms with Crippen LogP contribution in [0.5, 0.6) is 11.5 Å². The molecule has 0 unspecified atom stereocenters. The van der Waals surface area contributed by atoms with Gasteiger partial charge in [0.2, 0.25) is 0 Å². The van der Waals surface area contributed by atoms with Gasteiger partial charge in [-0.05, 0) is 37.0 Å². The number of rotatable bonds is 5. The quantitative estimate of drug-likeness (QED) is 0.873. The number of guanidine groups is 1. The summed E-state index contributed by atoms with van der Waals surface area (Å²) in [4.78, 5) is 4.65. The highest BCUT2D eigenvalue weighted by molar-refractivity contribution is 5.80. The molecular weight excluding hydrogens is 278 g/mol. The molecule has 0 saturated heterocycles. The lowest BCUT2D eigenvalue weighted by molar-refractivity contribution is 0.142. The van der Waals surface area contributed by atoms with Crippen LogP contribution in [0.3, 0.4) is 0 Å². The van der Waals surface area contributed by atoms with Gasteiger partial charge in [0.25, 0.3) is 0 Å². The maximum atomic E-state index is 5.30. The molecule has 1 saturated carbocycles. The van der Waals surface area contributed by atoms with Gasteiger partial charge in [-0.1, -0.05) is 6.42 Å². The zero-order valence-electron chi connectivity index (χ0n) is 13.4. The number of ether oxygens (including phenoxy) is 2. The Balaban J connectivity index is 1.51. The molecule has 1 fully saturated rings. The monoisotopic (exact) mass is 303 g/mol. The molecule has 1 aliphatic heterocycles. The summed E-state index contributed by atoms with van der Waals surface area (Å²) in [6.45, 7) is 2.87. The molecule has 2 aliphatic rings. The van der Waals surface area contributed by atoms with Crippen molar-refractivity contribution in [2.75, 3.05) is 33.9 Å². The summed E-state index contributed by atoms with van der Waals surface area (Å²) in [5.74, 6) is 2.59. The van der Waals surface area contributed by atoms with Crippen LogP contribution in [-0.4, -0.2) is 39.8 Å². The summed E-state index contributed by atoms with van der Waals surface area (Å²) in [5, 5.41) is 6.82. The van der Waals surface area contributed by atoms with Gasteiger partial charge in [0, 0.05) is 24.6 Å². The van der Waals surface area contributed by atoms with E-state index in [1.54, 1.807) is 14.2 Å². The highest BCUT2D eigenvalue weighted by atomic mass is 16.5. The van der Waals surface area contributed by atoms with Gasteiger partial charge >= 0.3 is 0 Å². The van der Waals surface area contributed by atoms with Crippen molar-refractivity contribution in [2.45, 2.75) is 25.7 Å². The predicted molar refractivity (Wildman–Crippen MR) is 87.8 cm³/mol. The maximum absolute atomic E-state index is 5.30. The van der Waals surface area contributed by atoms with Crippen molar-refractivity contribution in [3.05, 3.63) is 23.8 Å². The number of nitrogens with zero attached hydrogens (tertiary/aromatic N) is 1. The molecule has 2 N–H and O–H groups in total. The Morgan fingerprint density at radius 3 is 2.41 bits per heavy atom. The minimum atomic E-state index is 0.464. The molecule has 22 heavy (non-hydrogen) atoms. The highest BCUT2D eigenvalue weighted by Gasteiger charge is 2.38. The van der Waals surface area contributed by atoms with E-state index in [1.807, 2.05) is 18.2 Å². The van der Waals surface area contributed by atoms with E-state index in [2.05, 4.69) is 15.6 Å². The Morgan fingerprint density at radius 1 is 1.18 bits per heavy atom. The van der Waals surface area contributed by atoms with Crippen LogP contribution in [0.25, 0.3) is 0 Å². The van der Waals surface area contributed by atoms with Crippen molar-refractivity contribution in [1.29, 1.82) is 0 Å². The zero-order chi connectivity index (χ0) is 15.4. The van der Waals surface area contributed by atoms with Crippen LogP contribution in [0.2, 0.25) is 0 Å². The molecule has 0 atom stereocenters. The molecule has 0 bridgehead atoms. The average Bonchev–Trinajstić information content (AvgIpc) is 2.53. The van der Waals surface area contributed by atoms with Gasteiger partial charge in [-0.15, -0.1) is 0 Å². The van der Waals surface area contributed by atoms with Gasteiger partial charge in [-0.25, -0.2) is 0 Å². The Morgan fingerprint density at radius 2 is 1.91 bits per heavy atom. The SMILES string of the molecule is COc1cc(CCNC2=NCC3(CCC3)CN2)cc(OC)c1. The van der Waals surface area contributed by atoms with Crippen molar-refractivity contribution in [3.8, 4) is 11.5 Å². The van der Waals surface area contributed by atoms with Gasteiger partial charge in [0.15, 0.2) is 5.96 Å². The molecule has 1 aromatic rings. The summed E-state index contributed by atoms with van der Waals surface area (Å²) in [7, 11) is 3.35. The molecule has 1 aliphatic carbocycles. The first-order valence-electron chi connectivity index (χ1n) is 7.97. The molecule has 0 aromatic heterocycles. The molecule has 3 rings (SSSR count). The van der Waals surface area contributed by atoms with Crippen LogP contribution < -0.4 is 20.1 Å². The smallest absolute Gasteiger partial charge is 0.191 e. The van der Waals surface area contributed by atoms with Crippen molar-refractivity contribution in [1.82, 2.24) is 10.6 Å². The second-order valence-corrected chi connectivity index (χ2v) is 6.27. The number of hydrogen-bond acceptors (Lipinski definition) is 5. The average molecular weight is 303 g/mol. The Labute approximate surface area is 132 Å². The van der Waals surface area contributed by atoms with E-state index in [9.17, 15) is 0 Å². The standard InChI is InChI=1S/C17H25N3O2/c1-21-14-8-13(9-15(10-14)22-2)4-7-18-16-19-11-17(12-20-16)5-3-6-17/h8-10H,3-7,11-12H2,1-2H3,(H2,18,19,20). The number of hydrogen-bond donors (Lipinski definition) is 2. The maximum Gasteiger partial charge on any atom is 0.191 e. The highest BCUT2D eigenvalue weighted by Crippen LogP contribution is 2.41. The largest absolute Gasteiger partial charge is 0.497 e. The van der Waals surface area contributed by atoms with E-state index in [0.29, 0.717) is 5.41 Å². The molecule has 0 amide bonds. The topological polar surface area (TPSA) is 54.9 Å². The summed E-state index contributed by atoms with van der Waals surface area (Å²) in [6.07, 6.45) is 4.90. The van der Waals surface area contributed by atoms with Crippen molar-refractivity contribution in [3.63, 3.8) is 0 Å². The lowest BCUT2D eigenvalue weighted by atomic mass is 9.68. The van der Waals surface area contributed by atoms with E-state index in [-0.39, 0.29) is 0 Å². The van der Waals surface area contributed by atoms with Crippen LogP contribution in [0, 0.1) is 5.41 Å². The lowest BCUT2D eigenvalue weighted by Gasteiger charge is -2.43. The van der Waals surface area contributed by atoms with Crippen molar-refractivity contribution >= 4 is 5.96 Å². The number of nitrogens with one attached hydrogen (secondary N) is 2. The predicted octanol–water partition coefficient (Wildman–Crippen LogP) is 1.97. The summed E-state index contributed by atoms with van der Waals surface area (Å²) in [6, 6.07) is 5.98. The van der Waals surface area contributed by atoms with E-state index < -0.39 is 0 Å². The van der Waals surface area contributed by atoms with Gasteiger partial charge in [-0.3, -0.25) is 4.99 Å². The van der Waals surface area contributed by atoms with Crippen LogP contribution in [0.4, 0.5) is 0 Å². The van der Waals surface area contributed by atoms with Crippen molar-refractivity contribution < 1.29 is 9.47 Å². The third kappa shape index (κ3) is 3.29. The lowest BCUT2D eigenvalue weighted by Crippen LogP contribution is -2.52. The first-order valence-corrected chi connectivity index (χ1v) is 7.97. The normalized spacial score (nSPS) is 18.9. The van der Waals surface area contributed by atoms with Crippen LogP contribution in [0.1, 0.15) is 24.8 Å². The molecule has 5 nitrogen and oxygen atoms in total. The first-order chi connectivity index (χ1) is 10.7. The Bertz CT molecular complexity index is 531. The third-order valence-electron chi connectivity index (χ3n) is 4.73. The number of benzene rings is 1. The molecule has 1 aromatic carbocycles. The molecule has 0 radical (unpaired) electrons. The minimum absolute atomic E-state index is 0.464. The summed E-state index contributed by atoms with van der Waals surface area (Å²) >= 11 is 0. The number of methoxy groups -OCH3 is 2. The first kappa shape index (κ1) is 15.0. The van der Waals surface area contributed by atoms with E-state index in [1.165, 1.54) is 24.8 Å². The van der Waals surface area contributed by atoms with Gasteiger partial charge in [-0.2, -0.15) is 0 Å². The molecule has 1 spiro atoms. The van der Waals surface area contributed by atoms with E-state index in [0.717, 1.165) is 43.5 Å². The molecule has 120 valence electrons. The van der Waals surface area contributed by atoms with Crippen LogP contribution in [-0.2, 0) is 6.42 Å². The van der Waals surface area contributed by atoms with E-state index >= 15 is 0 Å². The second kappa shape index (κ2) is 6.46. The summed E-state index contributed by atoms with van der Waals surface area (Å²) in [5.41, 5.74) is 1.65. The number of aliphatic imine (C=N–C) groups is 1. The zero-order valence-corrected chi connectivity index (χ0v) is 13.4.